The van der Waals surface area contributed by atoms with Crippen molar-refractivity contribution in [1.82, 2.24) is 0 Å². The van der Waals surface area contributed by atoms with Crippen molar-refractivity contribution in [2.24, 2.45) is 0 Å². The molecule has 0 spiro atoms. The zero-order chi connectivity index (χ0) is 13.1. The molecule has 0 amide bonds. The predicted octanol–water partition coefficient (Wildman–Crippen LogP) is 2.33. The van der Waals surface area contributed by atoms with E-state index in [0.717, 1.165) is 5.56 Å². The van der Waals surface area contributed by atoms with Crippen LogP contribution in [-0.4, -0.2) is 22.6 Å². The summed E-state index contributed by atoms with van der Waals surface area (Å²) in [5.74, 6) is 0.873. The van der Waals surface area contributed by atoms with Crippen molar-refractivity contribution in [3.8, 4) is 11.5 Å². The van der Waals surface area contributed by atoms with Gasteiger partial charge >= 0.3 is 0 Å². The summed E-state index contributed by atoms with van der Waals surface area (Å²) in [6, 6.07) is 3.42. The first kappa shape index (κ1) is 14.1. The van der Waals surface area contributed by atoms with Crippen LogP contribution in [0, 0.1) is 0 Å². The van der Waals surface area contributed by atoms with Gasteiger partial charge in [-0.25, -0.2) is 8.42 Å². The molecule has 17 heavy (non-hydrogen) atoms. The summed E-state index contributed by atoms with van der Waals surface area (Å²) >= 11 is 0. The molecule has 0 aliphatic carbocycles. The number of hydrogen-bond donors (Lipinski definition) is 0. The quantitative estimate of drug-likeness (QED) is 0.776. The summed E-state index contributed by atoms with van der Waals surface area (Å²) in [7, 11) is 4.73. The Morgan fingerprint density at radius 1 is 1.12 bits per heavy atom. The molecule has 0 aliphatic heterocycles. The lowest BCUT2D eigenvalue weighted by Gasteiger charge is -2.13. The van der Waals surface area contributed by atoms with Gasteiger partial charge in [0.25, 0.3) is 0 Å². The molecule has 0 radical (unpaired) electrons. The molecule has 0 fully saturated rings. The first-order chi connectivity index (χ1) is 7.91. The van der Waals surface area contributed by atoms with E-state index in [9.17, 15) is 8.42 Å². The second-order valence-electron chi connectivity index (χ2n) is 3.51. The Morgan fingerprint density at radius 2 is 1.59 bits per heavy atom. The van der Waals surface area contributed by atoms with Crippen LogP contribution in [0.3, 0.4) is 0 Å². The highest BCUT2D eigenvalue weighted by Crippen LogP contribution is 2.32. The van der Waals surface area contributed by atoms with Gasteiger partial charge in [-0.2, -0.15) is 0 Å². The van der Waals surface area contributed by atoms with Gasteiger partial charge in [0.1, 0.15) is 0 Å². The molecule has 0 N–H and O–H groups in total. The molecule has 0 aromatic heterocycles. The van der Waals surface area contributed by atoms with Crippen LogP contribution in [-0.2, 0) is 21.2 Å². The van der Waals surface area contributed by atoms with Gasteiger partial charge in [0, 0.05) is 10.7 Å². The summed E-state index contributed by atoms with van der Waals surface area (Å²) in [6.07, 6.45) is 0.697. The van der Waals surface area contributed by atoms with E-state index in [0.29, 0.717) is 23.5 Å². The van der Waals surface area contributed by atoms with Crippen LogP contribution >= 0.6 is 10.7 Å². The Balaban J connectivity index is 3.28. The van der Waals surface area contributed by atoms with Crippen LogP contribution < -0.4 is 9.47 Å². The minimum Gasteiger partial charge on any atom is -0.493 e. The number of ether oxygens (including phenoxy) is 2. The predicted molar refractivity (Wildman–Crippen MR) is 67.4 cm³/mol. The van der Waals surface area contributed by atoms with E-state index in [1.54, 1.807) is 12.1 Å². The fourth-order valence-corrected chi connectivity index (χ4v) is 2.61. The van der Waals surface area contributed by atoms with Crippen molar-refractivity contribution < 1.29 is 17.9 Å². The average molecular weight is 279 g/mol. The van der Waals surface area contributed by atoms with Crippen LogP contribution in [0.15, 0.2) is 12.1 Å². The lowest BCUT2D eigenvalue weighted by atomic mass is 10.1. The Bertz CT molecular complexity index is 496. The van der Waals surface area contributed by atoms with Gasteiger partial charge in [0.2, 0.25) is 9.05 Å². The molecule has 0 heterocycles. The van der Waals surface area contributed by atoms with Crippen molar-refractivity contribution in [3.63, 3.8) is 0 Å². The molecule has 6 heteroatoms. The van der Waals surface area contributed by atoms with E-state index >= 15 is 0 Å². The van der Waals surface area contributed by atoms with E-state index in [4.69, 9.17) is 20.2 Å². The summed E-state index contributed by atoms with van der Waals surface area (Å²) < 4.78 is 32.5. The molecular formula is C11H15ClO4S. The van der Waals surface area contributed by atoms with E-state index in [1.165, 1.54) is 14.2 Å². The highest BCUT2D eigenvalue weighted by atomic mass is 35.7. The zero-order valence-electron chi connectivity index (χ0n) is 9.99. The number of methoxy groups -OCH3 is 2. The Labute approximate surface area is 106 Å². The molecule has 1 aromatic rings. The van der Waals surface area contributed by atoms with Crippen molar-refractivity contribution in [2.75, 3.05) is 14.2 Å². The lowest BCUT2D eigenvalue weighted by Crippen LogP contribution is -2.02. The third-order valence-electron chi connectivity index (χ3n) is 2.41. The Kier molecular flexibility index (Phi) is 4.65. The largest absolute Gasteiger partial charge is 0.493 e. The van der Waals surface area contributed by atoms with Crippen molar-refractivity contribution in [3.05, 3.63) is 23.3 Å². The summed E-state index contributed by atoms with van der Waals surface area (Å²) in [5.41, 5.74) is 1.52. The van der Waals surface area contributed by atoms with Gasteiger partial charge in [-0.3, -0.25) is 0 Å². The van der Waals surface area contributed by atoms with Gasteiger partial charge in [0.05, 0.1) is 20.0 Å². The topological polar surface area (TPSA) is 52.6 Å². The highest BCUT2D eigenvalue weighted by molar-refractivity contribution is 8.13. The normalized spacial score (nSPS) is 11.3. The maximum absolute atomic E-state index is 11.1. The van der Waals surface area contributed by atoms with Gasteiger partial charge in [-0.05, 0) is 29.7 Å². The van der Waals surface area contributed by atoms with Crippen LogP contribution in [0.1, 0.15) is 18.1 Å². The summed E-state index contributed by atoms with van der Waals surface area (Å²) in [6.45, 7) is 1.94. The van der Waals surface area contributed by atoms with Gasteiger partial charge in [0.15, 0.2) is 11.5 Å². The first-order valence-electron chi connectivity index (χ1n) is 5.07. The Morgan fingerprint density at radius 3 is 1.94 bits per heavy atom. The monoisotopic (exact) mass is 278 g/mol. The first-order valence-corrected chi connectivity index (χ1v) is 7.55. The van der Waals surface area contributed by atoms with Gasteiger partial charge < -0.3 is 9.47 Å². The fourth-order valence-electron chi connectivity index (χ4n) is 1.61. The van der Waals surface area contributed by atoms with Crippen LogP contribution in [0.4, 0.5) is 0 Å². The number of halogens is 1. The minimum absolute atomic E-state index is 0.210. The third-order valence-corrected chi connectivity index (χ3v) is 3.40. The second kappa shape index (κ2) is 5.60. The molecule has 0 unspecified atom stereocenters. The van der Waals surface area contributed by atoms with Crippen LogP contribution in [0.2, 0.25) is 0 Å². The number of benzene rings is 1. The molecule has 96 valence electrons. The highest BCUT2D eigenvalue weighted by Gasteiger charge is 2.15. The summed E-state index contributed by atoms with van der Waals surface area (Å²) in [5, 5.41) is 0. The minimum atomic E-state index is -3.58. The summed E-state index contributed by atoms with van der Waals surface area (Å²) in [4.78, 5) is 0. The van der Waals surface area contributed by atoms with E-state index < -0.39 is 9.05 Å². The number of rotatable bonds is 5. The molecular weight excluding hydrogens is 264 g/mol. The smallest absolute Gasteiger partial charge is 0.236 e. The molecule has 4 nitrogen and oxygen atoms in total. The maximum Gasteiger partial charge on any atom is 0.236 e. The van der Waals surface area contributed by atoms with Crippen molar-refractivity contribution in [2.45, 2.75) is 19.1 Å². The van der Waals surface area contributed by atoms with Crippen molar-refractivity contribution >= 4 is 19.7 Å². The maximum atomic E-state index is 11.1. The molecule has 0 saturated carbocycles. The second-order valence-corrected chi connectivity index (χ2v) is 6.29. The zero-order valence-corrected chi connectivity index (χ0v) is 11.6. The van der Waals surface area contributed by atoms with Gasteiger partial charge in [-0.1, -0.05) is 6.92 Å². The van der Waals surface area contributed by atoms with Gasteiger partial charge in [-0.15, -0.1) is 0 Å². The lowest BCUT2D eigenvalue weighted by molar-refractivity contribution is 0.354. The van der Waals surface area contributed by atoms with Crippen LogP contribution in [0.25, 0.3) is 0 Å². The average Bonchev–Trinajstić information content (AvgIpc) is 2.26. The van der Waals surface area contributed by atoms with E-state index in [-0.39, 0.29) is 5.75 Å². The standard InChI is InChI=1S/C11H15ClO4S/c1-4-8-5-10(15-2)11(16-3)6-9(8)7-17(12,13)14/h5-6H,4,7H2,1-3H3. The molecule has 0 saturated heterocycles. The Hall–Kier alpha value is -0.940. The van der Waals surface area contributed by atoms with Crippen molar-refractivity contribution in [1.29, 1.82) is 0 Å². The third kappa shape index (κ3) is 3.78. The molecule has 1 rings (SSSR count). The van der Waals surface area contributed by atoms with Crippen LogP contribution in [0.5, 0.6) is 11.5 Å². The molecule has 0 aliphatic rings. The van der Waals surface area contributed by atoms with E-state index in [1.807, 2.05) is 6.92 Å². The number of hydrogen-bond acceptors (Lipinski definition) is 4. The van der Waals surface area contributed by atoms with E-state index in [2.05, 4.69) is 0 Å². The SMILES string of the molecule is CCc1cc(OC)c(OC)cc1CS(=O)(=O)Cl. The molecule has 1 aromatic carbocycles. The molecule has 0 bridgehead atoms. The molecule has 0 atom stereocenters. The fraction of sp³-hybridized carbons (Fsp3) is 0.455. The number of aryl methyl sites for hydroxylation is 1.